The maximum absolute atomic E-state index is 11.8. The average molecular weight is 345 g/mol. The molecule has 3 heterocycles. The molecule has 6 nitrogen and oxygen atoms in total. The lowest BCUT2D eigenvalue weighted by atomic mass is 9.99. The molecule has 0 unspecified atom stereocenters. The number of ether oxygens (including phenoxy) is 1. The number of hydrogen-bond donors (Lipinski definition) is 0. The van der Waals surface area contributed by atoms with Gasteiger partial charge in [0.25, 0.3) is 0 Å². The van der Waals surface area contributed by atoms with Crippen molar-refractivity contribution in [2.75, 3.05) is 36.7 Å². The zero-order valence-electron chi connectivity index (χ0n) is 12.9. The average Bonchev–Trinajstić information content (AvgIpc) is 3.09. The Morgan fingerprint density at radius 1 is 1.32 bits per heavy atom. The van der Waals surface area contributed by atoms with Crippen molar-refractivity contribution in [3.63, 3.8) is 0 Å². The highest BCUT2D eigenvalue weighted by Gasteiger charge is 2.33. The predicted molar refractivity (Wildman–Crippen MR) is 87.2 cm³/mol. The zero-order valence-corrected chi connectivity index (χ0v) is 14.5. The number of aromatic nitrogens is 3. The molecule has 0 radical (unpaired) electrons. The van der Waals surface area contributed by atoms with E-state index in [0.717, 1.165) is 49.9 Å². The lowest BCUT2D eigenvalue weighted by molar-refractivity contribution is 0.0822. The fourth-order valence-corrected chi connectivity index (χ4v) is 5.23. The highest BCUT2D eigenvalue weighted by Crippen LogP contribution is 2.31. The Bertz CT molecular complexity index is 609. The van der Waals surface area contributed by atoms with E-state index in [1.54, 1.807) is 11.8 Å². The van der Waals surface area contributed by atoms with Gasteiger partial charge in [-0.05, 0) is 25.5 Å². The molecule has 22 heavy (non-hydrogen) atoms. The van der Waals surface area contributed by atoms with Crippen molar-refractivity contribution < 1.29 is 13.2 Å². The van der Waals surface area contributed by atoms with E-state index in [2.05, 4.69) is 11.4 Å². The normalized spacial score (nSPS) is 25.6. The monoisotopic (exact) mass is 345 g/mol. The van der Waals surface area contributed by atoms with E-state index in [-0.39, 0.29) is 17.5 Å². The van der Waals surface area contributed by atoms with Gasteiger partial charge in [0.1, 0.15) is 5.82 Å². The van der Waals surface area contributed by atoms with Crippen molar-refractivity contribution in [3.05, 3.63) is 11.6 Å². The Labute approximate surface area is 135 Å². The Morgan fingerprint density at radius 2 is 2.09 bits per heavy atom. The first kappa shape index (κ1) is 16.3. The summed E-state index contributed by atoms with van der Waals surface area (Å²) in [6.45, 7) is 1.50. The van der Waals surface area contributed by atoms with Crippen LogP contribution in [-0.2, 0) is 21.0 Å². The van der Waals surface area contributed by atoms with Crippen molar-refractivity contribution in [3.8, 4) is 0 Å². The number of rotatable bonds is 5. The molecule has 124 valence electrons. The van der Waals surface area contributed by atoms with Crippen LogP contribution < -0.4 is 0 Å². The topological polar surface area (TPSA) is 74.1 Å². The molecule has 2 fully saturated rings. The van der Waals surface area contributed by atoms with Crippen molar-refractivity contribution in [1.29, 1.82) is 0 Å². The molecule has 8 heteroatoms. The first-order chi connectivity index (χ1) is 10.6. The van der Waals surface area contributed by atoms with Crippen LogP contribution in [0.5, 0.6) is 0 Å². The lowest BCUT2D eigenvalue weighted by Crippen LogP contribution is -2.22. The first-order valence-corrected chi connectivity index (χ1v) is 11.0. The van der Waals surface area contributed by atoms with E-state index in [1.807, 2.05) is 4.68 Å². The van der Waals surface area contributed by atoms with Crippen LogP contribution >= 0.6 is 11.8 Å². The van der Waals surface area contributed by atoms with Crippen molar-refractivity contribution in [1.82, 2.24) is 14.8 Å². The Hall–Kier alpha value is -0.600. The van der Waals surface area contributed by atoms with E-state index in [1.165, 1.54) is 0 Å². The lowest BCUT2D eigenvalue weighted by Gasteiger charge is -2.23. The number of sulfone groups is 1. The van der Waals surface area contributed by atoms with Gasteiger partial charge in [0.15, 0.2) is 15.7 Å². The van der Waals surface area contributed by atoms with Crippen LogP contribution in [0.25, 0.3) is 0 Å². The summed E-state index contributed by atoms with van der Waals surface area (Å²) in [6.07, 6.45) is 5.45. The third kappa shape index (κ3) is 3.65. The molecule has 2 aliphatic rings. The number of aryl methyl sites for hydroxylation is 1. The zero-order chi connectivity index (χ0) is 15.6. The molecule has 1 atom stereocenters. The largest absolute Gasteiger partial charge is 0.381 e. The first-order valence-electron chi connectivity index (χ1n) is 7.81. The van der Waals surface area contributed by atoms with Crippen molar-refractivity contribution in [2.45, 2.75) is 37.6 Å². The molecule has 0 saturated carbocycles. The molecule has 2 saturated heterocycles. The molecule has 2 aliphatic heterocycles. The molecule has 0 spiro atoms. The number of nitrogens with zero attached hydrogens (tertiary/aromatic N) is 3. The van der Waals surface area contributed by atoms with Gasteiger partial charge in [-0.3, -0.25) is 0 Å². The highest BCUT2D eigenvalue weighted by molar-refractivity contribution is 7.98. The molecule has 0 N–H and O–H groups in total. The summed E-state index contributed by atoms with van der Waals surface area (Å²) in [6, 6.07) is -0.0432. The van der Waals surface area contributed by atoms with Crippen molar-refractivity contribution in [2.24, 2.45) is 0 Å². The van der Waals surface area contributed by atoms with Gasteiger partial charge < -0.3 is 4.74 Å². The highest BCUT2D eigenvalue weighted by atomic mass is 32.2. The number of hydrogen-bond acceptors (Lipinski definition) is 6. The fraction of sp³-hybridized carbons (Fsp3) is 0.857. The number of thioether (sulfide) groups is 1. The second-order valence-electron chi connectivity index (χ2n) is 6.02. The van der Waals surface area contributed by atoms with Gasteiger partial charge in [-0.1, -0.05) is 0 Å². The quantitative estimate of drug-likeness (QED) is 0.804. The van der Waals surface area contributed by atoms with Crippen LogP contribution in [0.1, 0.15) is 42.9 Å². The van der Waals surface area contributed by atoms with Gasteiger partial charge in [0.2, 0.25) is 0 Å². The van der Waals surface area contributed by atoms with E-state index < -0.39 is 9.84 Å². The van der Waals surface area contributed by atoms with Gasteiger partial charge in [0, 0.05) is 31.3 Å². The van der Waals surface area contributed by atoms with E-state index in [9.17, 15) is 8.42 Å². The van der Waals surface area contributed by atoms with Crippen LogP contribution in [0.4, 0.5) is 0 Å². The second-order valence-corrected chi connectivity index (χ2v) is 9.23. The van der Waals surface area contributed by atoms with Crippen molar-refractivity contribution >= 4 is 21.6 Å². The minimum absolute atomic E-state index is 0.0432. The molecular formula is C14H23N3O3S2. The molecule has 0 aliphatic carbocycles. The van der Waals surface area contributed by atoms with Gasteiger partial charge in [-0.2, -0.15) is 16.9 Å². The van der Waals surface area contributed by atoms with Crippen LogP contribution in [0.15, 0.2) is 0 Å². The fourth-order valence-electron chi connectivity index (χ4n) is 3.15. The van der Waals surface area contributed by atoms with Crippen LogP contribution in [0, 0.1) is 0 Å². The summed E-state index contributed by atoms with van der Waals surface area (Å²) in [5.41, 5.74) is 0. The standard InChI is InChI=1S/C14H23N3O3S2/c1-21-8-4-13-15-14(11-2-6-20-7-3-11)17(16-13)12-5-9-22(18,19)10-12/h11-12H,2-10H2,1H3/t12-/m1/s1. The van der Waals surface area contributed by atoms with E-state index in [0.29, 0.717) is 12.3 Å². The van der Waals surface area contributed by atoms with Crippen LogP contribution in [0.2, 0.25) is 0 Å². The molecule has 0 bridgehead atoms. The van der Waals surface area contributed by atoms with Gasteiger partial charge in [-0.15, -0.1) is 0 Å². The molecule has 1 aromatic heterocycles. The molecule has 3 rings (SSSR count). The third-order valence-electron chi connectivity index (χ3n) is 4.37. The maximum Gasteiger partial charge on any atom is 0.152 e. The summed E-state index contributed by atoms with van der Waals surface area (Å²) < 4.78 is 31.0. The smallest absolute Gasteiger partial charge is 0.152 e. The molecular weight excluding hydrogens is 322 g/mol. The molecule has 0 amide bonds. The summed E-state index contributed by atoms with van der Waals surface area (Å²) in [5, 5.41) is 4.66. The van der Waals surface area contributed by atoms with Gasteiger partial charge >= 0.3 is 0 Å². The summed E-state index contributed by atoms with van der Waals surface area (Å²) >= 11 is 1.77. The predicted octanol–water partition coefficient (Wildman–Crippen LogP) is 1.44. The summed E-state index contributed by atoms with van der Waals surface area (Å²) in [4.78, 5) is 4.75. The van der Waals surface area contributed by atoms with Gasteiger partial charge in [0.05, 0.1) is 17.5 Å². The minimum atomic E-state index is -2.92. The summed E-state index contributed by atoms with van der Waals surface area (Å²) in [7, 11) is -2.92. The molecule has 1 aromatic rings. The minimum Gasteiger partial charge on any atom is -0.381 e. The van der Waals surface area contributed by atoms with E-state index >= 15 is 0 Å². The molecule has 0 aromatic carbocycles. The van der Waals surface area contributed by atoms with Crippen LogP contribution in [0.3, 0.4) is 0 Å². The Kier molecular flexibility index (Phi) is 5.09. The van der Waals surface area contributed by atoms with Crippen LogP contribution in [-0.4, -0.2) is 59.9 Å². The Balaban J connectivity index is 1.86. The summed E-state index contributed by atoms with van der Waals surface area (Å²) in [5.74, 6) is 3.62. The Morgan fingerprint density at radius 3 is 2.73 bits per heavy atom. The SMILES string of the molecule is CSCCc1nc(C2CCOCC2)n([C@@H]2CCS(=O)(=O)C2)n1. The van der Waals surface area contributed by atoms with Gasteiger partial charge in [-0.25, -0.2) is 18.1 Å². The maximum atomic E-state index is 11.8. The second kappa shape index (κ2) is 6.88. The van der Waals surface area contributed by atoms with E-state index in [4.69, 9.17) is 9.72 Å². The third-order valence-corrected chi connectivity index (χ3v) is 6.73.